The molecule has 22 heavy (non-hydrogen) atoms. The summed E-state index contributed by atoms with van der Waals surface area (Å²) in [4.78, 5) is 0. The van der Waals surface area contributed by atoms with Gasteiger partial charge in [-0.1, -0.05) is 60.2 Å². The molecule has 0 aliphatic rings. The summed E-state index contributed by atoms with van der Waals surface area (Å²) in [7, 11) is 2.14. The molecule has 0 fully saturated rings. The molecule has 0 spiro atoms. The molecule has 3 aromatic rings. The largest absolute Gasteiger partial charge is 0.344 e. The standard InChI is InChI=1S/C21H21N/c1-4-5-7-12-20-21(17-10-8-6-9-11-17)18-15-16(2)13-14-19(18)22(20)3/h4-15H,1-3H3/b5-4+,12-7+. The summed E-state index contributed by atoms with van der Waals surface area (Å²) in [5.74, 6) is 0. The highest BCUT2D eigenvalue weighted by Gasteiger charge is 2.14. The predicted molar refractivity (Wildman–Crippen MR) is 96.9 cm³/mol. The SMILES string of the molecule is C/C=C/C=C/c1c(-c2ccccc2)c2cc(C)ccc2n1C. The van der Waals surface area contributed by atoms with Crippen LogP contribution in [0.5, 0.6) is 0 Å². The Labute approximate surface area is 132 Å². The zero-order valence-electron chi connectivity index (χ0n) is 13.4. The number of rotatable bonds is 3. The molecule has 1 heteroatoms. The van der Waals surface area contributed by atoms with Crippen molar-refractivity contribution in [2.45, 2.75) is 13.8 Å². The molecule has 0 saturated heterocycles. The van der Waals surface area contributed by atoms with Gasteiger partial charge in [0, 0.05) is 29.2 Å². The highest BCUT2D eigenvalue weighted by Crippen LogP contribution is 2.35. The Balaban J connectivity index is 2.35. The zero-order valence-corrected chi connectivity index (χ0v) is 13.4. The Kier molecular flexibility index (Phi) is 3.97. The average molecular weight is 287 g/mol. The van der Waals surface area contributed by atoms with E-state index in [1.807, 2.05) is 13.0 Å². The van der Waals surface area contributed by atoms with Gasteiger partial charge in [0.25, 0.3) is 0 Å². The molecular weight excluding hydrogens is 266 g/mol. The lowest BCUT2D eigenvalue weighted by Gasteiger charge is -2.04. The van der Waals surface area contributed by atoms with Crippen molar-refractivity contribution in [3.05, 3.63) is 78.0 Å². The second kappa shape index (κ2) is 6.07. The summed E-state index contributed by atoms with van der Waals surface area (Å²) in [5, 5.41) is 1.31. The average Bonchev–Trinajstić information content (AvgIpc) is 2.80. The first-order valence-electron chi connectivity index (χ1n) is 7.66. The zero-order chi connectivity index (χ0) is 15.5. The van der Waals surface area contributed by atoms with Crippen LogP contribution in [0.3, 0.4) is 0 Å². The van der Waals surface area contributed by atoms with Crippen LogP contribution in [0, 0.1) is 6.92 Å². The van der Waals surface area contributed by atoms with Gasteiger partial charge in [-0.2, -0.15) is 0 Å². The number of aryl methyl sites for hydroxylation is 2. The van der Waals surface area contributed by atoms with Crippen molar-refractivity contribution in [1.29, 1.82) is 0 Å². The minimum atomic E-state index is 1.24. The van der Waals surface area contributed by atoms with Crippen molar-refractivity contribution in [3.8, 4) is 11.1 Å². The molecule has 1 aromatic heterocycles. The molecule has 0 bridgehead atoms. The van der Waals surface area contributed by atoms with Crippen LogP contribution in [0.4, 0.5) is 0 Å². The van der Waals surface area contributed by atoms with E-state index >= 15 is 0 Å². The fourth-order valence-electron chi connectivity index (χ4n) is 2.94. The molecule has 0 N–H and O–H groups in total. The molecule has 110 valence electrons. The lowest BCUT2D eigenvalue weighted by Crippen LogP contribution is -1.91. The van der Waals surface area contributed by atoms with E-state index in [9.17, 15) is 0 Å². The van der Waals surface area contributed by atoms with Gasteiger partial charge in [-0.25, -0.2) is 0 Å². The van der Waals surface area contributed by atoms with Crippen LogP contribution < -0.4 is 0 Å². The van der Waals surface area contributed by atoms with Crippen LogP contribution in [0.2, 0.25) is 0 Å². The van der Waals surface area contributed by atoms with Crippen molar-refractivity contribution >= 4 is 17.0 Å². The normalized spacial score (nSPS) is 12.0. The number of fused-ring (bicyclic) bond motifs is 1. The maximum Gasteiger partial charge on any atom is 0.0494 e. The van der Waals surface area contributed by atoms with Crippen LogP contribution >= 0.6 is 0 Å². The molecule has 1 heterocycles. The molecule has 1 nitrogen and oxygen atoms in total. The van der Waals surface area contributed by atoms with Crippen LogP contribution in [0.25, 0.3) is 28.1 Å². The van der Waals surface area contributed by atoms with E-state index < -0.39 is 0 Å². The second-order valence-electron chi connectivity index (χ2n) is 5.59. The van der Waals surface area contributed by atoms with Crippen molar-refractivity contribution in [2.24, 2.45) is 7.05 Å². The first-order valence-corrected chi connectivity index (χ1v) is 7.66. The van der Waals surface area contributed by atoms with Crippen molar-refractivity contribution in [2.75, 3.05) is 0 Å². The lowest BCUT2D eigenvalue weighted by atomic mass is 10.0. The molecular formula is C21H21N. The Hall–Kier alpha value is -2.54. The van der Waals surface area contributed by atoms with Gasteiger partial charge < -0.3 is 4.57 Å². The van der Waals surface area contributed by atoms with Gasteiger partial charge in [-0.3, -0.25) is 0 Å². The molecule has 0 radical (unpaired) electrons. The lowest BCUT2D eigenvalue weighted by molar-refractivity contribution is 0.955. The van der Waals surface area contributed by atoms with Crippen molar-refractivity contribution in [1.82, 2.24) is 4.57 Å². The van der Waals surface area contributed by atoms with Gasteiger partial charge in [0.15, 0.2) is 0 Å². The number of benzene rings is 2. The third-order valence-electron chi connectivity index (χ3n) is 4.02. The van der Waals surface area contributed by atoms with Gasteiger partial charge >= 0.3 is 0 Å². The highest BCUT2D eigenvalue weighted by atomic mass is 14.9. The fraction of sp³-hybridized carbons (Fsp3) is 0.143. The summed E-state index contributed by atoms with van der Waals surface area (Å²) in [6, 6.07) is 17.3. The van der Waals surface area contributed by atoms with Gasteiger partial charge in [0.05, 0.1) is 0 Å². The van der Waals surface area contributed by atoms with E-state index in [0.29, 0.717) is 0 Å². The summed E-state index contributed by atoms with van der Waals surface area (Å²) < 4.78 is 2.27. The smallest absolute Gasteiger partial charge is 0.0494 e. The number of hydrogen-bond donors (Lipinski definition) is 0. The molecule has 0 saturated carbocycles. The first-order chi connectivity index (χ1) is 10.7. The fourth-order valence-corrected chi connectivity index (χ4v) is 2.94. The molecule has 0 atom stereocenters. The van der Waals surface area contributed by atoms with Gasteiger partial charge in [-0.05, 0) is 37.6 Å². The Morgan fingerprint density at radius 2 is 1.73 bits per heavy atom. The molecule has 0 unspecified atom stereocenters. The highest BCUT2D eigenvalue weighted by molar-refractivity contribution is 6.01. The Morgan fingerprint density at radius 1 is 0.955 bits per heavy atom. The van der Waals surface area contributed by atoms with Gasteiger partial charge in [0.2, 0.25) is 0 Å². The maximum atomic E-state index is 2.28. The monoisotopic (exact) mass is 287 g/mol. The molecule has 0 aliphatic carbocycles. The van der Waals surface area contributed by atoms with Crippen molar-refractivity contribution < 1.29 is 0 Å². The van der Waals surface area contributed by atoms with Crippen LogP contribution in [0.15, 0.2) is 66.8 Å². The van der Waals surface area contributed by atoms with Crippen LogP contribution in [-0.2, 0) is 7.05 Å². The molecule has 2 aromatic carbocycles. The molecule has 0 amide bonds. The van der Waals surface area contributed by atoms with E-state index in [-0.39, 0.29) is 0 Å². The maximum absolute atomic E-state index is 2.28. The minimum absolute atomic E-state index is 1.24. The second-order valence-corrected chi connectivity index (χ2v) is 5.59. The van der Waals surface area contributed by atoms with Gasteiger partial charge in [-0.15, -0.1) is 0 Å². The molecule has 3 rings (SSSR count). The topological polar surface area (TPSA) is 4.93 Å². The van der Waals surface area contributed by atoms with Crippen LogP contribution in [-0.4, -0.2) is 4.57 Å². The van der Waals surface area contributed by atoms with Gasteiger partial charge in [0.1, 0.15) is 0 Å². The van der Waals surface area contributed by atoms with E-state index in [1.165, 1.54) is 33.3 Å². The van der Waals surface area contributed by atoms with E-state index in [2.05, 4.69) is 85.3 Å². The van der Waals surface area contributed by atoms with E-state index in [0.717, 1.165) is 0 Å². The van der Waals surface area contributed by atoms with Crippen molar-refractivity contribution in [3.63, 3.8) is 0 Å². The third kappa shape index (κ3) is 2.50. The van der Waals surface area contributed by atoms with E-state index in [4.69, 9.17) is 0 Å². The Bertz CT molecular complexity index is 848. The summed E-state index contributed by atoms with van der Waals surface area (Å²) in [6.45, 7) is 4.18. The summed E-state index contributed by atoms with van der Waals surface area (Å²) in [5.41, 5.74) is 6.37. The number of aromatic nitrogens is 1. The van der Waals surface area contributed by atoms with E-state index in [1.54, 1.807) is 0 Å². The Morgan fingerprint density at radius 3 is 2.45 bits per heavy atom. The number of allylic oxidation sites excluding steroid dienone is 3. The van der Waals surface area contributed by atoms with Crippen LogP contribution in [0.1, 0.15) is 18.2 Å². The summed E-state index contributed by atoms with van der Waals surface area (Å²) >= 11 is 0. The first kappa shape index (κ1) is 14.4. The molecule has 0 aliphatic heterocycles. The third-order valence-corrected chi connectivity index (χ3v) is 4.02. The predicted octanol–water partition coefficient (Wildman–Crippen LogP) is 5.74. The minimum Gasteiger partial charge on any atom is -0.344 e. The number of nitrogens with zero attached hydrogens (tertiary/aromatic N) is 1. The number of hydrogen-bond acceptors (Lipinski definition) is 0. The summed E-state index contributed by atoms with van der Waals surface area (Å²) in [6.07, 6.45) is 8.41. The quantitative estimate of drug-likeness (QED) is 0.541.